The molecule has 1 fully saturated rings. The first kappa shape index (κ1) is 20.2. The van der Waals surface area contributed by atoms with Gasteiger partial charge >= 0.3 is 6.03 Å². The minimum Gasteiger partial charge on any atom is -0.463 e. The number of furan rings is 1. The number of halogens is 2. The van der Waals surface area contributed by atoms with Gasteiger partial charge < -0.3 is 14.6 Å². The Morgan fingerprint density at radius 1 is 1.21 bits per heavy atom. The largest absolute Gasteiger partial charge is 0.463 e. The van der Waals surface area contributed by atoms with Gasteiger partial charge in [0.2, 0.25) is 5.91 Å². The van der Waals surface area contributed by atoms with E-state index in [4.69, 9.17) is 27.6 Å². The van der Waals surface area contributed by atoms with Gasteiger partial charge in [0.1, 0.15) is 18.1 Å². The van der Waals surface area contributed by atoms with Crippen LogP contribution in [0.5, 0.6) is 0 Å². The monoisotopic (exact) mass is 423 g/mol. The second kappa shape index (κ2) is 7.48. The van der Waals surface area contributed by atoms with Gasteiger partial charge in [-0.25, -0.2) is 4.79 Å². The van der Waals surface area contributed by atoms with E-state index in [2.05, 4.69) is 5.32 Å². The summed E-state index contributed by atoms with van der Waals surface area (Å²) in [4.78, 5) is 40.0. The molecular formula is C19H19Cl2N3O4. The van der Waals surface area contributed by atoms with E-state index in [1.165, 1.54) is 4.90 Å². The van der Waals surface area contributed by atoms with Crippen LogP contribution in [0.25, 0.3) is 0 Å². The van der Waals surface area contributed by atoms with Gasteiger partial charge in [0, 0.05) is 13.6 Å². The summed E-state index contributed by atoms with van der Waals surface area (Å²) in [7, 11) is 1.58. The molecule has 28 heavy (non-hydrogen) atoms. The molecule has 2 aromatic rings. The van der Waals surface area contributed by atoms with Crippen molar-refractivity contribution in [1.82, 2.24) is 15.1 Å². The fourth-order valence-electron chi connectivity index (χ4n) is 2.97. The van der Waals surface area contributed by atoms with Gasteiger partial charge in [-0.3, -0.25) is 14.5 Å². The van der Waals surface area contributed by atoms with Crippen LogP contribution in [0, 0.1) is 6.92 Å². The Labute approximate surface area is 172 Å². The zero-order chi connectivity index (χ0) is 20.6. The number of carbonyl (C=O) groups excluding carboxylic acids is 3. The van der Waals surface area contributed by atoms with Crippen molar-refractivity contribution in [2.45, 2.75) is 25.9 Å². The van der Waals surface area contributed by atoms with Crippen LogP contribution in [0.2, 0.25) is 10.0 Å². The van der Waals surface area contributed by atoms with Crippen molar-refractivity contribution in [3.8, 4) is 0 Å². The first-order chi connectivity index (χ1) is 13.1. The third-order valence-electron chi connectivity index (χ3n) is 4.63. The highest BCUT2D eigenvalue weighted by Crippen LogP contribution is 2.30. The summed E-state index contributed by atoms with van der Waals surface area (Å²) >= 11 is 11.9. The van der Waals surface area contributed by atoms with Crippen molar-refractivity contribution in [3.05, 3.63) is 57.5 Å². The number of aryl methyl sites for hydroxylation is 1. The Morgan fingerprint density at radius 3 is 2.54 bits per heavy atom. The van der Waals surface area contributed by atoms with Crippen molar-refractivity contribution in [2.24, 2.45) is 0 Å². The summed E-state index contributed by atoms with van der Waals surface area (Å²) in [5, 5.41) is 3.42. The van der Waals surface area contributed by atoms with Crippen LogP contribution in [-0.2, 0) is 21.7 Å². The lowest BCUT2D eigenvalue weighted by Crippen LogP contribution is -2.43. The van der Waals surface area contributed by atoms with E-state index in [0.29, 0.717) is 21.6 Å². The van der Waals surface area contributed by atoms with Gasteiger partial charge in [-0.1, -0.05) is 29.3 Å². The molecule has 1 unspecified atom stereocenters. The number of imide groups is 1. The molecule has 1 N–H and O–H groups in total. The third-order valence-corrected chi connectivity index (χ3v) is 5.37. The molecule has 1 aromatic carbocycles. The highest BCUT2D eigenvalue weighted by atomic mass is 35.5. The molecule has 1 aromatic heterocycles. The van der Waals surface area contributed by atoms with Crippen molar-refractivity contribution >= 4 is 41.0 Å². The summed E-state index contributed by atoms with van der Waals surface area (Å²) in [6.45, 7) is 3.18. The molecule has 0 bridgehead atoms. The van der Waals surface area contributed by atoms with E-state index in [-0.39, 0.29) is 13.1 Å². The van der Waals surface area contributed by atoms with Crippen molar-refractivity contribution in [3.63, 3.8) is 0 Å². The van der Waals surface area contributed by atoms with Crippen LogP contribution in [0.4, 0.5) is 4.79 Å². The van der Waals surface area contributed by atoms with Gasteiger partial charge in [0.15, 0.2) is 5.54 Å². The minimum absolute atomic E-state index is 0.258. The molecule has 1 aliphatic heterocycles. The van der Waals surface area contributed by atoms with Crippen LogP contribution in [0.15, 0.2) is 34.7 Å². The average molecular weight is 424 g/mol. The summed E-state index contributed by atoms with van der Waals surface area (Å²) in [5.41, 5.74) is -0.563. The fraction of sp³-hybridized carbons (Fsp3) is 0.316. The lowest BCUT2D eigenvalue weighted by atomic mass is 9.99. The topological polar surface area (TPSA) is 82.9 Å². The molecule has 0 spiro atoms. The number of amides is 4. The molecular weight excluding hydrogens is 405 g/mol. The van der Waals surface area contributed by atoms with Gasteiger partial charge in [-0.2, -0.15) is 0 Å². The van der Waals surface area contributed by atoms with E-state index in [1.54, 1.807) is 51.2 Å². The lowest BCUT2D eigenvalue weighted by molar-refractivity contribution is -0.138. The first-order valence-electron chi connectivity index (χ1n) is 8.50. The minimum atomic E-state index is -1.34. The molecule has 0 radical (unpaired) electrons. The molecule has 0 aliphatic carbocycles. The second-order valence-corrected chi connectivity index (χ2v) is 7.67. The Morgan fingerprint density at radius 2 is 1.93 bits per heavy atom. The zero-order valence-electron chi connectivity index (χ0n) is 15.6. The smallest absolute Gasteiger partial charge is 0.325 e. The zero-order valence-corrected chi connectivity index (χ0v) is 17.1. The number of nitrogens with zero attached hydrogens (tertiary/aromatic N) is 2. The van der Waals surface area contributed by atoms with Crippen molar-refractivity contribution < 1.29 is 18.8 Å². The predicted octanol–water partition coefficient (Wildman–Crippen LogP) is 3.32. The quantitative estimate of drug-likeness (QED) is 0.747. The summed E-state index contributed by atoms with van der Waals surface area (Å²) in [6.07, 6.45) is 0. The van der Waals surface area contributed by atoms with Gasteiger partial charge in [0.05, 0.1) is 10.0 Å². The fourth-order valence-corrected chi connectivity index (χ4v) is 3.29. The number of carbonyl (C=O) groups is 3. The molecule has 2 heterocycles. The normalized spacial score (nSPS) is 19.1. The molecule has 4 amide bonds. The van der Waals surface area contributed by atoms with Crippen LogP contribution in [0.1, 0.15) is 24.0 Å². The number of nitrogens with one attached hydrogen (secondary N) is 1. The Balaban J connectivity index is 1.70. The summed E-state index contributed by atoms with van der Waals surface area (Å²) in [5.74, 6) is 0.00852. The average Bonchev–Trinajstić information content (AvgIpc) is 3.16. The van der Waals surface area contributed by atoms with Gasteiger partial charge in [0.25, 0.3) is 5.91 Å². The van der Waals surface area contributed by atoms with E-state index in [0.717, 1.165) is 10.5 Å². The maximum atomic E-state index is 12.8. The Hall–Kier alpha value is -2.51. The highest BCUT2D eigenvalue weighted by Gasteiger charge is 2.51. The van der Waals surface area contributed by atoms with E-state index >= 15 is 0 Å². The number of benzene rings is 1. The number of likely N-dealkylation sites (N-methyl/N-ethyl adjacent to an activating group) is 1. The molecule has 1 atom stereocenters. The molecule has 0 saturated carbocycles. The molecule has 1 saturated heterocycles. The number of hydrogen-bond acceptors (Lipinski definition) is 4. The van der Waals surface area contributed by atoms with Gasteiger partial charge in [-0.05, 0) is 43.7 Å². The van der Waals surface area contributed by atoms with E-state index < -0.39 is 23.4 Å². The van der Waals surface area contributed by atoms with Crippen molar-refractivity contribution in [1.29, 1.82) is 0 Å². The molecule has 3 rings (SSSR count). The predicted molar refractivity (Wildman–Crippen MR) is 104 cm³/mol. The molecule has 9 heteroatoms. The number of urea groups is 1. The molecule has 7 nitrogen and oxygen atoms in total. The standard InChI is InChI=1S/C19H19Cl2N3O4/c1-11-4-7-15(28-11)19(2)17(26)24(18(27)22-19)10-16(25)23(3)9-12-5-6-13(20)14(21)8-12/h4-8H,9-10H2,1-3H3,(H,22,27). The number of hydrogen-bond donors (Lipinski definition) is 1. The lowest BCUT2D eigenvalue weighted by Gasteiger charge is -2.22. The third kappa shape index (κ3) is 3.72. The Kier molecular flexibility index (Phi) is 5.41. The highest BCUT2D eigenvalue weighted by molar-refractivity contribution is 6.42. The summed E-state index contributed by atoms with van der Waals surface area (Å²) in [6, 6.07) is 7.76. The van der Waals surface area contributed by atoms with Crippen LogP contribution in [-0.4, -0.2) is 41.2 Å². The van der Waals surface area contributed by atoms with Crippen LogP contribution in [0.3, 0.4) is 0 Å². The van der Waals surface area contributed by atoms with Crippen LogP contribution < -0.4 is 5.32 Å². The maximum absolute atomic E-state index is 12.8. The van der Waals surface area contributed by atoms with Crippen molar-refractivity contribution in [2.75, 3.05) is 13.6 Å². The second-order valence-electron chi connectivity index (χ2n) is 6.86. The van der Waals surface area contributed by atoms with Gasteiger partial charge in [-0.15, -0.1) is 0 Å². The van der Waals surface area contributed by atoms with Crippen LogP contribution >= 0.6 is 23.2 Å². The van der Waals surface area contributed by atoms with E-state index in [1.807, 2.05) is 0 Å². The molecule has 148 valence electrons. The maximum Gasteiger partial charge on any atom is 0.325 e. The first-order valence-corrected chi connectivity index (χ1v) is 9.26. The Bertz CT molecular complexity index is 958. The number of rotatable bonds is 5. The van der Waals surface area contributed by atoms with E-state index in [9.17, 15) is 14.4 Å². The summed E-state index contributed by atoms with van der Waals surface area (Å²) < 4.78 is 5.51. The molecule has 1 aliphatic rings. The SMILES string of the molecule is Cc1ccc(C2(C)NC(=O)N(CC(=O)N(C)Cc3ccc(Cl)c(Cl)c3)C2=O)o1.